The molecule has 0 saturated carbocycles. The van der Waals surface area contributed by atoms with Crippen molar-refractivity contribution in [1.82, 2.24) is 9.30 Å². The number of carbonyl (C=O) groups is 2. The van der Waals surface area contributed by atoms with E-state index in [1.165, 1.54) is 6.92 Å². The lowest BCUT2D eigenvalue weighted by Gasteiger charge is -2.18. The van der Waals surface area contributed by atoms with Gasteiger partial charge in [0, 0.05) is 24.9 Å². The molecule has 2 aromatic rings. The second kappa shape index (κ2) is 5.46. The summed E-state index contributed by atoms with van der Waals surface area (Å²) in [5.74, 6) is -0.00485. The number of Topliss-reactive ketones (excluding diaryl/α,β-unsaturated/α-hetero) is 1. The summed E-state index contributed by atoms with van der Waals surface area (Å²) < 4.78 is 6.98. The lowest BCUT2D eigenvalue weighted by atomic mass is 10.1. The van der Waals surface area contributed by atoms with Gasteiger partial charge in [-0.1, -0.05) is 0 Å². The average molecular weight is 274 g/mol. The molecule has 106 valence electrons. The van der Waals surface area contributed by atoms with Crippen LogP contribution in [0.25, 0.3) is 5.52 Å². The van der Waals surface area contributed by atoms with E-state index < -0.39 is 5.97 Å². The van der Waals surface area contributed by atoms with Gasteiger partial charge in [-0.25, -0.2) is 0 Å². The fraction of sp³-hybridized carbons (Fsp3) is 0.333. The maximum atomic E-state index is 12.5. The number of esters is 1. The Hall–Kier alpha value is -2.14. The Balaban J connectivity index is 2.54. The lowest BCUT2D eigenvalue weighted by Crippen LogP contribution is -2.32. The van der Waals surface area contributed by atoms with Crippen molar-refractivity contribution in [3.05, 3.63) is 36.2 Å². The Kier molecular flexibility index (Phi) is 3.90. The molecular formula is C15H18N2O3. The van der Waals surface area contributed by atoms with Crippen molar-refractivity contribution in [2.75, 3.05) is 14.1 Å². The molecule has 2 aromatic heterocycles. The molecule has 1 atom stereocenters. The van der Waals surface area contributed by atoms with Gasteiger partial charge in [0.2, 0.25) is 0 Å². The first kappa shape index (κ1) is 14.3. The quantitative estimate of drug-likeness (QED) is 0.632. The second-order valence-electron chi connectivity index (χ2n) is 4.96. The molecule has 0 aliphatic heterocycles. The third-order valence-corrected chi connectivity index (χ3v) is 3.32. The third kappa shape index (κ3) is 2.58. The van der Waals surface area contributed by atoms with Crippen LogP contribution in [0, 0.1) is 0 Å². The Labute approximate surface area is 117 Å². The third-order valence-electron chi connectivity index (χ3n) is 3.32. The topological polar surface area (TPSA) is 51.0 Å². The molecular weight excluding hydrogens is 256 g/mol. The molecule has 0 aromatic carbocycles. The predicted molar refractivity (Wildman–Crippen MR) is 76.2 cm³/mol. The van der Waals surface area contributed by atoms with E-state index in [0.717, 1.165) is 0 Å². The Bertz CT molecular complexity index is 658. The monoisotopic (exact) mass is 274 g/mol. The smallest absolute Gasteiger partial charge is 0.308 e. The van der Waals surface area contributed by atoms with Gasteiger partial charge in [-0.3, -0.25) is 14.5 Å². The van der Waals surface area contributed by atoms with Crippen LogP contribution in [0.1, 0.15) is 24.2 Å². The SMILES string of the molecule is CC(=O)Oc1cccn2ccc(C(=O)C(C)N(C)C)c12. The number of rotatable bonds is 4. The summed E-state index contributed by atoms with van der Waals surface area (Å²) in [4.78, 5) is 25.5. The van der Waals surface area contributed by atoms with Gasteiger partial charge in [0.25, 0.3) is 0 Å². The molecule has 0 saturated heterocycles. The van der Waals surface area contributed by atoms with E-state index in [9.17, 15) is 9.59 Å². The van der Waals surface area contributed by atoms with Gasteiger partial charge in [0.05, 0.1) is 11.6 Å². The zero-order chi connectivity index (χ0) is 14.9. The van der Waals surface area contributed by atoms with Gasteiger partial charge in [-0.05, 0) is 39.2 Å². The molecule has 5 heteroatoms. The number of aromatic nitrogens is 1. The summed E-state index contributed by atoms with van der Waals surface area (Å²) in [6, 6.07) is 4.97. The minimum Gasteiger partial charge on any atom is -0.424 e. The summed E-state index contributed by atoms with van der Waals surface area (Å²) in [5, 5.41) is 0. The number of nitrogens with zero attached hydrogens (tertiary/aromatic N) is 2. The molecule has 1 unspecified atom stereocenters. The number of pyridine rings is 1. The van der Waals surface area contributed by atoms with E-state index in [2.05, 4.69) is 0 Å². The highest BCUT2D eigenvalue weighted by molar-refractivity contribution is 6.07. The summed E-state index contributed by atoms with van der Waals surface area (Å²) in [6.45, 7) is 3.19. The number of fused-ring (bicyclic) bond motifs is 1. The highest BCUT2D eigenvalue weighted by atomic mass is 16.5. The van der Waals surface area contributed by atoms with E-state index in [1.807, 2.05) is 32.1 Å². The molecule has 2 heterocycles. The predicted octanol–water partition coefficient (Wildman–Crippen LogP) is 2.00. The van der Waals surface area contributed by atoms with Crippen molar-refractivity contribution >= 4 is 17.3 Å². The maximum Gasteiger partial charge on any atom is 0.308 e. The van der Waals surface area contributed by atoms with E-state index in [0.29, 0.717) is 16.8 Å². The van der Waals surface area contributed by atoms with Crippen molar-refractivity contribution in [2.45, 2.75) is 19.9 Å². The largest absolute Gasteiger partial charge is 0.424 e. The van der Waals surface area contributed by atoms with Crippen LogP contribution in [-0.2, 0) is 4.79 Å². The Morgan fingerprint density at radius 1 is 1.25 bits per heavy atom. The van der Waals surface area contributed by atoms with Crippen LogP contribution in [0.15, 0.2) is 30.6 Å². The van der Waals surface area contributed by atoms with E-state index in [-0.39, 0.29) is 11.8 Å². The van der Waals surface area contributed by atoms with Gasteiger partial charge in [-0.2, -0.15) is 0 Å². The molecule has 0 amide bonds. The highest BCUT2D eigenvalue weighted by Gasteiger charge is 2.22. The van der Waals surface area contributed by atoms with Crippen LogP contribution >= 0.6 is 0 Å². The first-order valence-corrected chi connectivity index (χ1v) is 6.40. The van der Waals surface area contributed by atoms with Gasteiger partial charge in [-0.15, -0.1) is 0 Å². The summed E-state index contributed by atoms with van der Waals surface area (Å²) in [6.07, 6.45) is 3.61. The van der Waals surface area contributed by atoms with Crippen LogP contribution in [0.3, 0.4) is 0 Å². The fourth-order valence-electron chi connectivity index (χ4n) is 2.03. The van der Waals surface area contributed by atoms with Gasteiger partial charge in [0.15, 0.2) is 11.5 Å². The van der Waals surface area contributed by atoms with E-state index in [1.54, 1.807) is 28.8 Å². The number of hydrogen-bond acceptors (Lipinski definition) is 4. The summed E-state index contributed by atoms with van der Waals surface area (Å²) in [5.41, 5.74) is 1.18. The van der Waals surface area contributed by atoms with Crippen LogP contribution in [-0.4, -0.2) is 41.2 Å². The number of ether oxygens (including phenoxy) is 1. The summed E-state index contributed by atoms with van der Waals surface area (Å²) >= 11 is 0. The Morgan fingerprint density at radius 3 is 2.55 bits per heavy atom. The van der Waals surface area contributed by atoms with Crippen molar-refractivity contribution in [3.63, 3.8) is 0 Å². The molecule has 0 aliphatic rings. The van der Waals surface area contributed by atoms with Crippen molar-refractivity contribution in [1.29, 1.82) is 0 Å². The molecule has 0 radical (unpaired) electrons. The van der Waals surface area contributed by atoms with Crippen molar-refractivity contribution < 1.29 is 14.3 Å². The van der Waals surface area contributed by atoms with Crippen LogP contribution in [0.5, 0.6) is 5.75 Å². The Morgan fingerprint density at radius 2 is 1.95 bits per heavy atom. The number of hydrogen-bond donors (Lipinski definition) is 0. The van der Waals surface area contributed by atoms with Crippen molar-refractivity contribution in [2.24, 2.45) is 0 Å². The van der Waals surface area contributed by atoms with Gasteiger partial charge >= 0.3 is 5.97 Å². The van der Waals surface area contributed by atoms with Crippen molar-refractivity contribution in [3.8, 4) is 5.75 Å². The zero-order valence-corrected chi connectivity index (χ0v) is 12.1. The molecule has 0 spiro atoms. The first-order valence-electron chi connectivity index (χ1n) is 6.40. The normalized spacial score (nSPS) is 12.7. The molecule has 0 aliphatic carbocycles. The number of ketones is 1. The highest BCUT2D eigenvalue weighted by Crippen LogP contribution is 2.26. The van der Waals surface area contributed by atoms with E-state index in [4.69, 9.17) is 4.74 Å². The standard InChI is InChI=1S/C15H18N2O3/c1-10(16(3)4)15(19)12-7-9-17-8-5-6-13(14(12)17)20-11(2)18/h5-10H,1-4H3. The molecule has 0 fully saturated rings. The first-order chi connectivity index (χ1) is 9.41. The second-order valence-corrected chi connectivity index (χ2v) is 4.96. The maximum absolute atomic E-state index is 12.5. The average Bonchev–Trinajstić information content (AvgIpc) is 2.81. The van der Waals surface area contributed by atoms with Crippen LogP contribution in [0.2, 0.25) is 0 Å². The minimum absolute atomic E-state index is 0.00268. The summed E-state index contributed by atoms with van der Waals surface area (Å²) in [7, 11) is 3.71. The van der Waals surface area contributed by atoms with E-state index >= 15 is 0 Å². The van der Waals surface area contributed by atoms with Gasteiger partial charge in [0.1, 0.15) is 0 Å². The molecule has 0 N–H and O–H groups in total. The lowest BCUT2D eigenvalue weighted by molar-refractivity contribution is -0.131. The van der Waals surface area contributed by atoms with Crippen LogP contribution in [0.4, 0.5) is 0 Å². The van der Waals surface area contributed by atoms with Gasteiger partial charge < -0.3 is 9.14 Å². The molecule has 2 rings (SSSR count). The molecule has 20 heavy (non-hydrogen) atoms. The molecule has 5 nitrogen and oxygen atoms in total. The minimum atomic E-state index is -0.404. The number of carbonyl (C=O) groups excluding carboxylic acids is 2. The fourth-order valence-corrected chi connectivity index (χ4v) is 2.03. The zero-order valence-electron chi connectivity index (χ0n) is 12.1. The number of likely N-dealkylation sites (N-methyl/N-ethyl adjacent to an activating group) is 1. The molecule has 0 bridgehead atoms. The van der Waals surface area contributed by atoms with Crippen LogP contribution < -0.4 is 4.74 Å².